The molecule has 26 heavy (non-hydrogen) atoms. The van der Waals surface area contributed by atoms with E-state index in [1.165, 1.54) is 0 Å². The van der Waals surface area contributed by atoms with Crippen molar-refractivity contribution in [2.45, 2.75) is 6.92 Å². The van der Waals surface area contributed by atoms with E-state index in [9.17, 15) is 0 Å². The molecule has 0 fully saturated rings. The van der Waals surface area contributed by atoms with E-state index in [2.05, 4.69) is 41.8 Å². The molecule has 6 heteroatoms. The van der Waals surface area contributed by atoms with Crippen molar-refractivity contribution in [1.29, 1.82) is 0 Å². The van der Waals surface area contributed by atoms with E-state index in [4.69, 9.17) is 9.98 Å². The van der Waals surface area contributed by atoms with Gasteiger partial charge in [0.15, 0.2) is 5.82 Å². The second-order valence-corrected chi connectivity index (χ2v) is 7.49. The Labute approximate surface area is 167 Å². The Hall–Kier alpha value is -2.31. The van der Waals surface area contributed by atoms with E-state index in [0.717, 1.165) is 48.6 Å². The summed E-state index contributed by atoms with van der Waals surface area (Å²) in [6.07, 6.45) is 0. The van der Waals surface area contributed by atoms with Gasteiger partial charge in [0.1, 0.15) is 5.69 Å². The van der Waals surface area contributed by atoms with Gasteiger partial charge in [0.25, 0.3) is 0 Å². The van der Waals surface area contributed by atoms with Crippen LogP contribution in [0.15, 0.2) is 74.6 Å². The van der Waals surface area contributed by atoms with Gasteiger partial charge in [-0.25, -0.2) is 15.0 Å². The number of rotatable bonds is 3. The van der Waals surface area contributed by atoms with Crippen LogP contribution >= 0.6 is 31.9 Å². The van der Waals surface area contributed by atoms with Crippen LogP contribution in [0.4, 0.5) is 5.69 Å². The van der Waals surface area contributed by atoms with Crippen molar-refractivity contribution in [2.24, 2.45) is 4.99 Å². The second-order valence-electron chi connectivity index (χ2n) is 5.78. The zero-order valence-corrected chi connectivity index (χ0v) is 17.0. The number of aromatic amines is 1. The maximum absolute atomic E-state index is 4.74. The van der Waals surface area contributed by atoms with Crippen LogP contribution in [0.25, 0.3) is 22.6 Å². The van der Waals surface area contributed by atoms with Gasteiger partial charge in [-0.15, -0.1) is 0 Å². The minimum atomic E-state index is 0.753. The van der Waals surface area contributed by atoms with Gasteiger partial charge >= 0.3 is 0 Å². The standard InChI is InChI=1S/C20H14Br2N4/c1-12(23-19-13(21)6-4-7-14(19)22)15-10-5-11-18(24-15)20-25-16-8-2-3-9-17(16)26-20/h2-11H,1H3,(H,25,26). The molecule has 0 unspecified atom stereocenters. The molecule has 4 aromatic rings. The summed E-state index contributed by atoms with van der Waals surface area (Å²) in [5.74, 6) is 0.753. The van der Waals surface area contributed by atoms with Crippen LogP contribution in [-0.2, 0) is 0 Å². The Morgan fingerprint density at radius 2 is 1.62 bits per heavy atom. The number of hydrogen-bond donors (Lipinski definition) is 1. The summed E-state index contributed by atoms with van der Waals surface area (Å²) in [6, 6.07) is 19.7. The third-order valence-corrected chi connectivity index (χ3v) is 5.25. The molecule has 0 saturated heterocycles. The first kappa shape index (κ1) is 17.1. The molecule has 0 radical (unpaired) electrons. The minimum Gasteiger partial charge on any atom is -0.337 e. The number of nitrogens with zero attached hydrogens (tertiary/aromatic N) is 3. The molecule has 2 aromatic heterocycles. The van der Waals surface area contributed by atoms with E-state index in [1.54, 1.807) is 0 Å². The van der Waals surface area contributed by atoms with Crippen molar-refractivity contribution in [2.75, 3.05) is 0 Å². The maximum atomic E-state index is 4.74. The van der Waals surface area contributed by atoms with Crippen molar-refractivity contribution < 1.29 is 0 Å². The minimum absolute atomic E-state index is 0.753. The summed E-state index contributed by atoms with van der Waals surface area (Å²) in [4.78, 5) is 17.4. The zero-order valence-electron chi connectivity index (χ0n) is 13.9. The van der Waals surface area contributed by atoms with Crippen LogP contribution in [0.1, 0.15) is 12.6 Å². The Morgan fingerprint density at radius 1 is 0.885 bits per heavy atom. The molecule has 0 bridgehead atoms. The normalized spacial score (nSPS) is 11.9. The molecule has 4 rings (SSSR count). The lowest BCUT2D eigenvalue weighted by molar-refractivity contribution is 1.21. The van der Waals surface area contributed by atoms with Gasteiger partial charge < -0.3 is 4.98 Å². The molecule has 1 N–H and O–H groups in total. The van der Waals surface area contributed by atoms with Crippen LogP contribution in [0.2, 0.25) is 0 Å². The van der Waals surface area contributed by atoms with Gasteiger partial charge in [-0.3, -0.25) is 0 Å². The molecular formula is C20H14Br2N4. The Morgan fingerprint density at radius 3 is 2.38 bits per heavy atom. The fraction of sp³-hybridized carbons (Fsp3) is 0.0500. The fourth-order valence-corrected chi connectivity index (χ4v) is 3.84. The molecule has 2 aromatic carbocycles. The monoisotopic (exact) mass is 468 g/mol. The maximum Gasteiger partial charge on any atom is 0.157 e. The molecule has 0 amide bonds. The number of pyridine rings is 1. The number of fused-ring (bicyclic) bond motifs is 1. The van der Waals surface area contributed by atoms with Crippen LogP contribution in [0, 0.1) is 0 Å². The molecule has 0 spiro atoms. The average Bonchev–Trinajstić information content (AvgIpc) is 3.09. The molecular weight excluding hydrogens is 456 g/mol. The van der Waals surface area contributed by atoms with Crippen molar-refractivity contribution in [3.63, 3.8) is 0 Å². The van der Waals surface area contributed by atoms with Gasteiger partial charge in [-0.05, 0) is 75.2 Å². The third-order valence-electron chi connectivity index (χ3n) is 3.97. The Bertz CT molecular complexity index is 1080. The molecule has 0 aliphatic carbocycles. The highest BCUT2D eigenvalue weighted by molar-refractivity contribution is 9.11. The lowest BCUT2D eigenvalue weighted by atomic mass is 10.2. The first-order chi connectivity index (χ1) is 12.6. The zero-order chi connectivity index (χ0) is 18.1. The number of aromatic nitrogens is 3. The molecule has 0 atom stereocenters. The number of imidazole rings is 1. The van der Waals surface area contributed by atoms with Crippen molar-refractivity contribution in [1.82, 2.24) is 15.0 Å². The van der Waals surface area contributed by atoms with Gasteiger partial charge in [-0.2, -0.15) is 0 Å². The van der Waals surface area contributed by atoms with Crippen molar-refractivity contribution in [3.05, 3.63) is 75.3 Å². The third kappa shape index (κ3) is 3.34. The summed E-state index contributed by atoms with van der Waals surface area (Å²) < 4.78 is 1.86. The van der Waals surface area contributed by atoms with E-state index >= 15 is 0 Å². The van der Waals surface area contributed by atoms with E-state index in [0.29, 0.717) is 0 Å². The van der Waals surface area contributed by atoms with Crippen LogP contribution in [-0.4, -0.2) is 20.7 Å². The smallest absolute Gasteiger partial charge is 0.157 e. The predicted molar refractivity (Wildman–Crippen MR) is 113 cm³/mol. The highest BCUT2D eigenvalue weighted by Gasteiger charge is 2.10. The summed E-state index contributed by atoms with van der Waals surface area (Å²) in [6.45, 7) is 1.95. The number of nitrogens with one attached hydrogen (secondary N) is 1. The van der Waals surface area contributed by atoms with Gasteiger partial charge in [0.2, 0.25) is 0 Å². The van der Waals surface area contributed by atoms with Gasteiger partial charge in [0.05, 0.1) is 28.1 Å². The molecule has 4 nitrogen and oxygen atoms in total. The number of hydrogen-bond acceptors (Lipinski definition) is 3. The number of para-hydroxylation sites is 3. The fourth-order valence-electron chi connectivity index (χ4n) is 2.66. The number of H-pyrrole nitrogens is 1. The quantitative estimate of drug-likeness (QED) is 0.358. The summed E-state index contributed by atoms with van der Waals surface area (Å²) in [5, 5.41) is 0. The second kappa shape index (κ2) is 7.13. The van der Waals surface area contributed by atoms with Crippen LogP contribution in [0.3, 0.4) is 0 Å². The molecule has 0 aliphatic rings. The van der Waals surface area contributed by atoms with E-state index in [-0.39, 0.29) is 0 Å². The number of halogens is 2. The Balaban J connectivity index is 1.74. The number of benzene rings is 2. The molecule has 0 saturated carbocycles. The average molecular weight is 470 g/mol. The summed E-state index contributed by atoms with van der Waals surface area (Å²) in [7, 11) is 0. The first-order valence-corrected chi connectivity index (χ1v) is 9.62. The summed E-state index contributed by atoms with van der Waals surface area (Å²) >= 11 is 7.09. The molecule has 0 aliphatic heterocycles. The Kier molecular flexibility index (Phi) is 4.70. The topological polar surface area (TPSA) is 53.9 Å². The van der Waals surface area contributed by atoms with Gasteiger partial charge in [-0.1, -0.05) is 24.3 Å². The molecule has 128 valence electrons. The highest BCUT2D eigenvalue weighted by Crippen LogP contribution is 2.33. The number of aliphatic imine (C=N–C) groups is 1. The van der Waals surface area contributed by atoms with E-state index < -0.39 is 0 Å². The highest BCUT2D eigenvalue weighted by atomic mass is 79.9. The largest absolute Gasteiger partial charge is 0.337 e. The summed E-state index contributed by atoms with van der Waals surface area (Å²) in [5.41, 5.74) is 5.20. The lowest BCUT2D eigenvalue weighted by Gasteiger charge is -2.05. The lowest BCUT2D eigenvalue weighted by Crippen LogP contribution is -2.00. The molecule has 2 heterocycles. The van der Waals surface area contributed by atoms with Crippen molar-refractivity contribution in [3.8, 4) is 11.5 Å². The SMILES string of the molecule is CC(=Nc1c(Br)cccc1Br)c1cccc(-c2nc3ccccc3[nH]2)n1. The first-order valence-electron chi connectivity index (χ1n) is 8.03. The van der Waals surface area contributed by atoms with E-state index in [1.807, 2.05) is 67.6 Å². The van der Waals surface area contributed by atoms with Gasteiger partial charge in [0, 0.05) is 8.95 Å². The van der Waals surface area contributed by atoms with Crippen LogP contribution in [0.5, 0.6) is 0 Å². The predicted octanol–water partition coefficient (Wildman–Crippen LogP) is 6.29. The van der Waals surface area contributed by atoms with Crippen molar-refractivity contribution >= 4 is 54.3 Å². The van der Waals surface area contributed by atoms with Crippen LogP contribution < -0.4 is 0 Å².